The maximum absolute atomic E-state index is 13.6. The van der Waals surface area contributed by atoms with E-state index in [9.17, 15) is 14.7 Å². The molecule has 1 aromatic heterocycles. The number of aromatic hydroxyl groups is 1. The molecule has 0 spiro atoms. The first kappa shape index (κ1) is 24.6. The second-order valence-electron chi connectivity index (χ2n) is 7.19. The van der Waals surface area contributed by atoms with Crippen LogP contribution in [0.1, 0.15) is 31.0 Å². The number of benzene rings is 2. The topological polar surface area (TPSA) is 80.9 Å². The smallest absolute Gasteiger partial charge is 0.338 e. The normalized spacial score (nSPS) is 15.9. The molecule has 3 aromatic rings. The van der Waals surface area contributed by atoms with Gasteiger partial charge in [-0.1, -0.05) is 39.4 Å². The standard InChI is InChI=1S/C23H17BrI2N2O4S/c1-3-32-22(31)18-11(2)27-23-28(19(18)13-4-6-14(24)7-5-13)21(30)17(33-23)10-12-8-15(25)20(29)16(26)9-12/h4-10,19,29H,3H2,1-2H3/t19-/m1/s1. The highest BCUT2D eigenvalue weighted by molar-refractivity contribution is 14.1. The predicted octanol–water partition coefficient (Wildman–Crippen LogP) is 4.48. The summed E-state index contributed by atoms with van der Waals surface area (Å²) in [5, 5.41) is 10.1. The quantitative estimate of drug-likeness (QED) is 0.316. The summed E-state index contributed by atoms with van der Waals surface area (Å²) in [4.78, 5) is 31.6. The van der Waals surface area contributed by atoms with Crippen LogP contribution in [0.3, 0.4) is 0 Å². The van der Waals surface area contributed by atoms with Crippen LogP contribution < -0.4 is 14.9 Å². The number of allylic oxidation sites excluding steroid dienone is 1. The average Bonchev–Trinajstić information content (AvgIpc) is 3.06. The van der Waals surface area contributed by atoms with Crippen molar-refractivity contribution in [3.8, 4) is 5.75 Å². The number of carbonyl (C=O) groups is 1. The SMILES string of the molecule is CCOC(=O)C1=C(C)N=c2sc(=Cc3cc(I)c(O)c(I)c3)c(=O)n2[C@@H]1c1ccc(Br)cc1. The van der Waals surface area contributed by atoms with Crippen molar-refractivity contribution in [2.75, 3.05) is 6.61 Å². The lowest BCUT2D eigenvalue weighted by Gasteiger charge is -2.24. The van der Waals surface area contributed by atoms with Gasteiger partial charge in [0.05, 0.1) is 35.6 Å². The van der Waals surface area contributed by atoms with E-state index in [1.54, 1.807) is 24.5 Å². The molecule has 0 amide bonds. The Hall–Kier alpha value is -1.51. The maximum Gasteiger partial charge on any atom is 0.338 e. The molecule has 1 N–H and O–H groups in total. The summed E-state index contributed by atoms with van der Waals surface area (Å²) in [6, 6.07) is 10.5. The van der Waals surface area contributed by atoms with Gasteiger partial charge in [-0.15, -0.1) is 0 Å². The van der Waals surface area contributed by atoms with Crippen LogP contribution in [0.4, 0.5) is 0 Å². The third-order valence-corrected chi connectivity index (χ3v) is 8.20. The lowest BCUT2D eigenvalue weighted by Crippen LogP contribution is -2.39. The van der Waals surface area contributed by atoms with Gasteiger partial charge in [-0.2, -0.15) is 0 Å². The predicted molar refractivity (Wildman–Crippen MR) is 148 cm³/mol. The third-order valence-electron chi connectivity index (χ3n) is 5.04. The second kappa shape index (κ2) is 10.0. The Morgan fingerprint density at radius 3 is 2.52 bits per heavy atom. The fourth-order valence-electron chi connectivity index (χ4n) is 3.57. The van der Waals surface area contributed by atoms with E-state index in [2.05, 4.69) is 66.1 Å². The Morgan fingerprint density at radius 1 is 1.27 bits per heavy atom. The van der Waals surface area contributed by atoms with Crippen LogP contribution in [-0.2, 0) is 9.53 Å². The molecule has 0 fully saturated rings. The van der Waals surface area contributed by atoms with Crippen LogP contribution >= 0.6 is 72.4 Å². The number of esters is 1. The number of carbonyl (C=O) groups excluding carboxylic acids is 1. The van der Waals surface area contributed by atoms with Crippen LogP contribution in [-0.4, -0.2) is 22.2 Å². The molecule has 0 saturated heterocycles. The number of aromatic nitrogens is 1. The van der Waals surface area contributed by atoms with Gasteiger partial charge in [-0.05, 0) is 100 Å². The molecule has 1 atom stereocenters. The zero-order chi connectivity index (χ0) is 23.9. The molecule has 1 aliphatic rings. The summed E-state index contributed by atoms with van der Waals surface area (Å²) in [7, 11) is 0. The number of halogens is 3. The van der Waals surface area contributed by atoms with Crippen molar-refractivity contribution in [3.05, 3.63) is 90.1 Å². The number of thiazole rings is 1. The molecule has 0 aliphatic carbocycles. The van der Waals surface area contributed by atoms with E-state index in [1.807, 2.05) is 36.4 Å². The van der Waals surface area contributed by atoms with Crippen LogP contribution in [0.5, 0.6) is 5.75 Å². The lowest BCUT2D eigenvalue weighted by molar-refractivity contribution is -0.139. The first-order chi connectivity index (χ1) is 15.7. The van der Waals surface area contributed by atoms with Gasteiger partial charge in [-0.25, -0.2) is 9.79 Å². The largest absolute Gasteiger partial charge is 0.506 e. The highest BCUT2D eigenvalue weighted by Crippen LogP contribution is 2.31. The van der Waals surface area contributed by atoms with E-state index in [1.165, 1.54) is 11.3 Å². The Bertz CT molecular complexity index is 1450. The number of phenols is 1. The summed E-state index contributed by atoms with van der Waals surface area (Å²) in [5.41, 5.74) is 2.24. The minimum absolute atomic E-state index is 0.222. The van der Waals surface area contributed by atoms with E-state index in [0.717, 1.165) is 15.6 Å². The van der Waals surface area contributed by atoms with E-state index in [4.69, 9.17) is 4.74 Å². The fourth-order valence-corrected chi connectivity index (χ4v) is 6.70. The second-order valence-corrected chi connectivity index (χ2v) is 11.4. The van der Waals surface area contributed by atoms with Crippen LogP contribution in [0.15, 0.2) is 61.9 Å². The highest BCUT2D eigenvalue weighted by atomic mass is 127. The van der Waals surface area contributed by atoms with E-state index in [-0.39, 0.29) is 17.9 Å². The van der Waals surface area contributed by atoms with Gasteiger partial charge in [-0.3, -0.25) is 9.36 Å². The molecule has 0 radical (unpaired) electrons. The minimum Gasteiger partial charge on any atom is -0.506 e. The van der Waals surface area contributed by atoms with Gasteiger partial charge in [0, 0.05) is 4.47 Å². The lowest BCUT2D eigenvalue weighted by atomic mass is 9.96. The van der Waals surface area contributed by atoms with Gasteiger partial charge in [0.1, 0.15) is 5.75 Å². The molecule has 0 saturated carbocycles. The van der Waals surface area contributed by atoms with Gasteiger partial charge < -0.3 is 9.84 Å². The number of nitrogens with zero attached hydrogens (tertiary/aromatic N) is 2. The van der Waals surface area contributed by atoms with Crippen molar-refractivity contribution in [1.82, 2.24) is 4.57 Å². The van der Waals surface area contributed by atoms with Gasteiger partial charge in [0.2, 0.25) is 0 Å². The van der Waals surface area contributed by atoms with Crippen molar-refractivity contribution < 1.29 is 14.6 Å². The zero-order valence-electron chi connectivity index (χ0n) is 17.4. The van der Waals surface area contributed by atoms with Crippen LogP contribution in [0, 0.1) is 7.14 Å². The summed E-state index contributed by atoms with van der Waals surface area (Å²) >= 11 is 8.84. The molecule has 6 nitrogen and oxygen atoms in total. The summed E-state index contributed by atoms with van der Waals surface area (Å²) in [6.45, 7) is 3.74. The van der Waals surface area contributed by atoms with Crippen molar-refractivity contribution in [2.24, 2.45) is 4.99 Å². The Kier molecular flexibility index (Phi) is 7.46. The van der Waals surface area contributed by atoms with Crippen molar-refractivity contribution >= 4 is 84.5 Å². The molecule has 170 valence electrons. The summed E-state index contributed by atoms with van der Waals surface area (Å²) in [5.74, 6) is -0.261. The molecular formula is C23H17BrI2N2O4S. The molecule has 2 aromatic carbocycles. The molecule has 33 heavy (non-hydrogen) atoms. The van der Waals surface area contributed by atoms with Gasteiger partial charge in [0.25, 0.3) is 5.56 Å². The van der Waals surface area contributed by atoms with Crippen molar-refractivity contribution in [1.29, 1.82) is 0 Å². The van der Waals surface area contributed by atoms with Gasteiger partial charge in [0.15, 0.2) is 4.80 Å². The molecule has 4 rings (SSSR count). The number of hydrogen-bond donors (Lipinski definition) is 1. The third kappa shape index (κ3) is 4.84. The zero-order valence-corrected chi connectivity index (χ0v) is 24.2. The Balaban J connectivity index is 1.96. The summed E-state index contributed by atoms with van der Waals surface area (Å²) in [6.07, 6.45) is 1.79. The van der Waals surface area contributed by atoms with Crippen molar-refractivity contribution in [2.45, 2.75) is 19.9 Å². The first-order valence-electron chi connectivity index (χ1n) is 9.84. The molecule has 10 heteroatoms. The number of ether oxygens (including phenoxy) is 1. The molecule has 0 unspecified atom stereocenters. The van der Waals surface area contributed by atoms with E-state index < -0.39 is 12.0 Å². The Labute approximate surface area is 229 Å². The van der Waals surface area contributed by atoms with Crippen molar-refractivity contribution in [3.63, 3.8) is 0 Å². The van der Waals surface area contributed by atoms with Gasteiger partial charge >= 0.3 is 5.97 Å². The van der Waals surface area contributed by atoms with Crippen LogP contribution in [0.25, 0.3) is 6.08 Å². The molecule has 1 aliphatic heterocycles. The van der Waals surface area contributed by atoms with E-state index in [0.29, 0.717) is 27.7 Å². The molecule has 2 heterocycles. The number of phenolic OH excluding ortho intramolecular Hbond substituents is 1. The minimum atomic E-state index is -0.643. The molecular weight excluding hydrogens is 734 g/mol. The first-order valence-corrected chi connectivity index (χ1v) is 13.6. The molecule has 0 bridgehead atoms. The average molecular weight is 751 g/mol. The van der Waals surface area contributed by atoms with E-state index >= 15 is 0 Å². The summed E-state index contributed by atoms with van der Waals surface area (Å²) < 4.78 is 9.67. The monoisotopic (exact) mass is 750 g/mol. The van der Waals surface area contributed by atoms with Crippen LogP contribution in [0.2, 0.25) is 0 Å². The number of hydrogen-bond acceptors (Lipinski definition) is 6. The fraction of sp³-hybridized carbons (Fsp3) is 0.174. The maximum atomic E-state index is 13.6. The highest BCUT2D eigenvalue weighted by Gasteiger charge is 2.33. The number of rotatable bonds is 4. The number of fused-ring (bicyclic) bond motifs is 1. The Morgan fingerprint density at radius 2 is 1.91 bits per heavy atom.